The van der Waals surface area contributed by atoms with Gasteiger partial charge < -0.3 is 9.15 Å². The molecule has 4 aromatic rings. The summed E-state index contributed by atoms with van der Waals surface area (Å²) >= 11 is 1.57. The van der Waals surface area contributed by atoms with Gasteiger partial charge >= 0.3 is 5.63 Å². The number of ether oxygens (including phenoxy) is 1. The molecule has 0 aliphatic carbocycles. The maximum atomic E-state index is 11.6. The molecule has 0 aliphatic heterocycles. The number of hydrogen-bond acceptors (Lipinski definition) is 6. The van der Waals surface area contributed by atoms with Crippen molar-refractivity contribution in [2.75, 3.05) is 0 Å². The fraction of sp³-hybridized carbons (Fsp3) is 0.0625. The molecule has 0 bridgehead atoms. The lowest BCUT2D eigenvalue weighted by Gasteiger charge is -2.06. The summed E-state index contributed by atoms with van der Waals surface area (Å²) in [6.07, 6.45) is 0. The highest BCUT2D eigenvalue weighted by Gasteiger charge is 2.10. The van der Waals surface area contributed by atoms with Crippen LogP contribution >= 0.6 is 11.3 Å². The largest absolute Gasteiger partial charge is 0.485 e. The van der Waals surface area contributed by atoms with Crippen molar-refractivity contribution in [2.24, 2.45) is 0 Å². The quantitative estimate of drug-likeness (QED) is 0.583. The molecule has 3 aromatic heterocycles. The highest BCUT2D eigenvalue weighted by molar-refractivity contribution is 7.13. The molecule has 1 N–H and O–H groups in total. The van der Waals surface area contributed by atoms with Crippen LogP contribution in [-0.2, 0) is 6.61 Å². The van der Waals surface area contributed by atoms with Crippen molar-refractivity contribution in [2.45, 2.75) is 6.61 Å². The van der Waals surface area contributed by atoms with Crippen LogP contribution in [-0.4, -0.2) is 15.2 Å². The zero-order valence-electron chi connectivity index (χ0n) is 11.9. The summed E-state index contributed by atoms with van der Waals surface area (Å²) in [5, 5.41) is 9.72. The molecule has 0 unspecified atom stereocenters. The first-order valence-electron chi connectivity index (χ1n) is 6.90. The van der Waals surface area contributed by atoms with Crippen molar-refractivity contribution in [3.8, 4) is 16.5 Å². The molecule has 0 aliphatic rings. The van der Waals surface area contributed by atoms with Gasteiger partial charge in [-0.25, -0.2) is 9.78 Å². The average molecular weight is 325 g/mol. The maximum absolute atomic E-state index is 11.6. The van der Waals surface area contributed by atoms with Crippen LogP contribution in [0.15, 0.2) is 57.1 Å². The van der Waals surface area contributed by atoms with Crippen LogP contribution in [0.2, 0.25) is 0 Å². The Morgan fingerprint density at radius 2 is 2.13 bits per heavy atom. The van der Waals surface area contributed by atoms with Crippen molar-refractivity contribution in [1.29, 1.82) is 0 Å². The standard InChI is InChI=1S/C16H11N3O3S/c20-15-8-12(10-4-1-2-5-11(10)22-15)21-9-14-17-16(19-18-14)13-6-3-7-23-13/h1-8H,9H2,(H,17,18,19). The van der Waals surface area contributed by atoms with Gasteiger partial charge in [0.05, 0.1) is 16.3 Å². The van der Waals surface area contributed by atoms with Gasteiger partial charge in [-0.05, 0) is 23.6 Å². The summed E-state index contributed by atoms with van der Waals surface area (Å²) in [6.45, 7) is 0.186. The summed E-state index contributed by atoms with van der Waals surface area (Å²) in [6, 6.07) is 12.5. The van der Waals surface area contributed by atoms with Gasteiger partial charge in [-0.2, -0.15) is 5.10 Å². The number of aromatic amines is 1. The van der Waals surface area contributed by atoms with E-state index in [0.717, 1.165) is 10.3 Å². The predicted molar refractivity (Wildman–Crippen MR) is 86.5 cm³/mol. The van der Waals surface area contributed by atoms with E-state index < -0.39 is 5.63 Å². The first kappa shape index (κ1) is 13.7. The van der Waals surface area contributed by atoms with Gasteiger partial charge in [-0.15, -0.1) is 11.3 Å². The number of hydrogen-bond donors (Lipinski definition) is 1. The van der Waals surface area contributed by atoms with Gasteiger partial charge in [0.1, 0.15) is 17.9 Å². The second-order valence-electron chi connectivity index (χ2n) is 4.80. The minimum Gasteiger partial charge on any atom is -0.485 e. The fourth-order valence-electron chi connectivity index (χ4n) is 2.22. The summed E-state index contributed by atoms with van der Waals surface area (Å²) in [7, 11) is 0. The topological polar surface area (TPSA) is 81.0 Å². The minimum atomic E-state index is -0.449. The van der Waals surface area contributed by atoms with Crippen LogP contribution in [0.4, 0.5) is 0 Å². The molecule has 1 aromatic carbocycles. The van der Waals surface area contributed by atoms with Crippen molar-refractivity contribution < 1.29 is 9.15 Å². The smallest absolute Gasteiger partial charge is 0.339 e. The number of H-pyrrole nitrogens is 1. The van der Waals surface area contributed by atoms with Gasteiger partial charge in [0, 0.05) is 0 Å². The van der Waals surface area contributed by atoms with Crippen LogP contribution in [0, 0.1) is 0 Å². The van der Waals surface area contributed by atoms with Crippen molar-refractivity contribution in [3.63, 3.8) is 0 Å². The molecule has 0 saturated heterocycles. The number of rotatable bonds is 4. The normalized spacial score (nSPS) is 11.0. The van der Waals surface area contributed by atoms with Crippen LogP contribution in [0.1, 0.15) is 5.82 Å². The molecular weight excluding hydrogens is 314 g/mol. The number of para-hydroxylation sites is 1. The Balaban J connectivity index is 1.59. The number of nitrogens with one attached hydrogen (secondary N) is 1. The molecule has 0 radical (unpaired) electrons. The van der Waals surface area contributed by atoms with E-state index in [1.807, 2.05) is 29.6 Å². The van der Waals surface area contributed by atoms with E-state index >= 15 is 0 Å². The summed E-state index contributed by atoms with van der Waals surface area (Å²) < 4.78 is 10.9. The molecule has 23 heavy (non-hydrogen) atoms. The maximum Gasteiger partial charge on any atom is 0.339 e. The monoisotopic (exact) mass is 325 g/mol. The van der Waals surface area contributed by atoms with Gasteiger partial charge in [0.25, 0.3) is 0 Å². The Labute approximate surface area is 134 Å². The highest BCUT2D eigenvalue weighted by atomic mass is 32.1. The van der Waals surface area contributed by atoms with Crippen molar-refractivity contribution in [1.82, 2.24) is 15.2 Å². The Morgan fingerprint density at radius 1 is 1.22 bits per heavy atom. The third-order valence-corrected chi connectivity index (χ3v) is 4.12. The molecule has 0 saturated carbocycles. The molecule has 0 atom stereocenters. The van der Waals surface area contributed by atoms with E-state index in [1.165, 1.54) is 6.07 Å². The third-order valence-electron chi connectivity index (χ3n) is 3.25. The number of aromatic nitrogens is 3. The van der Waals surface area contributed by atoms with Crippen molar-refractivity contribution in [3.05, 3.63) is 64.1 Å². The first-order valence-corrected chi connectivity index (χ1v) is 7.78. The fourth-order valence-corrected chi connectivity index (χ4v) is 2.88. The molecule has 7 heteroatoms. The van der Waals surface area contributed by atoms with Crippen LogP contribution < -0.4 is 10.4 Å². The summed E-state index contributed by atoms with van der Waals surface area (Å²) in [4.78, 5) is 17.0. The van der Waals surface area contributed by atoms with Gasteiger partial charge in [-0.1, -0.05) is 18.2 Å². The molecule has 0 fully saturated rings. The number of benzene rings is 1. The highest BCUT2D eigenvalue weighted by Crippen LogP contribution is 2.24. The van der Waals surface area contributed by atoms with E-state index in [-0.39, 0.29) is 6.61 Å². The number of thiophene rings is 1. The molecule has 4 rings (SSSR count). The van der Waals surface area contributed by atoms with Crippen LogP contribution in [0.25, 0.3) is 21.7 Å². The Morgan fingerprint density at radius 3 is 3.00 bits per heavy atom. The lowest BCUT2D eigenvalue weighted by molar-refractivity contribution is 0.297. The molecule has 114 valence electrons. The molecule has 0 spiro atoms. The summed E-state index contributed by atoms with van der Waals surface area (Å²) in [5.41, 5.74) is 0.0439. The predicted octanol–water partition coefficient (Wildman–Crippen LogP) is 3.22. The van der Waals surface area contributed by atoms with E-state index in [0.29, 0.717) is 23.0 Å². The minimum absolute atomic E-state index is 0.186. The first-order chi connectivity index (χ1) is 11.3. The SMILES string of the molecule is O=c1cc(OCc2nc(-c3cccs3)n[nH]2)c2ccccc2o1. The lowest BCUT2D eigenvalue weighted by atomic mass is 10.2. The zero-order chi connectivity index (χ0) is 15.6. The zero-order valence-corrected chi connectivity index (χ0v) is 12.7. The summed E-state index contributed by atoms with van der Waals surface area (Å²) in [5.74, 6) is 1.69. The van der Waals surface area contributed by atoms with Gasteiger partial charge in [0.15, 0.2) is 11.6 Å². The Kier molecular flexibility index (Phi) is 3.39. The molecule has 6 nitrogen and oxygen atoms in total. The Hall–Kier alpha value is -2.93. The molecule has 3 heterocycles. The van der Waals surface area contributed by atoms with E-state index in [2.05, 4.69) is 15.2 Å². The second-order valence-corrected chi connectivity index (χ2v) is 5.75. The number of fused-ring (bicyclic) bond motifs is 1. The van der Waals surface area contributed by atoms with E-state index in [1.54, 1.807) is 23.5 Å². The Bertz CT molecular complexity index is 1000. The van der Waals surface area contributed by atoms with Gasteiger partial charge in [0.2, 0.25) is 0 Å². The molecule has 0 amide bonds. The lowest BCUT2D eigenvalue weighted by Crippen LogP contribution is -2.03. The van der Waals surface area contributed by atoms with E-state index in [4.69, 9.17) is 9.15 Å². The average Bonchev–Trinajstić information content (AvgIpc) is 3.23. The second kappa shape index (κ2) is 5.69. The van der Waals surface area contributed by atoms with Gasteiger partial charge in [-0.3, -0.25) is 5.10 Å². The third kappa shape index (κ3) is 2.74. The molecular formula is C16H11N3O3S. The van der Waals surface area contributed by atoms with E-state index in [9.17, 15) is 4.79 Å². The van der Waals surface area contributed by atoms with Crippen molar-refractivity contribution >= 4 is 22.3 Å². The van der Waals surface area contributed by atoms with Crippen LogP contribution in [0.5, 0.6) is 5.75 Å². The van der Waals surface area contributed by atoms with Crippen LogP contribution in [0.3, 0.4) is 0 Å². The number of nitrogens with zero attached hydrogens (tertiary/aromatic N) is 2.